The van der Waals surface area contributed by atoms with Gasteiger partial charge >= 0.3 is 0 Å². The van der Waals surface area contributed by atoms with E-state index in [2.05, 4.69) is 0 Å². The summed E-state index contributed by atoms with van der Waals surface area (Å²) in [6, 6.07) is 7.94. The first-order valence-electron chi connectivity index (χ1n) is 4.84. The number of para-hydroxylation sites is 1. The van der Waals surface area contributed by atoms with Gasteiger partial charge in [-0.2, -0.15) is 0 Å². The average molecular weight is 190 g/mol. The van der Waals surface area contributed by atoms with E-state index in [1.807, 2.05) is 31.2 Å². The van der Waals surface area contributed by atoms with Crippen LogP contribution in [-0.4, -0.2) is 11.2 Å². The molecule has 2 nitrogen and oxygen atoms in total. The SMILES string of the molecule is CC(O)C(C)c1cccc2ccoc12. The van der Waals surface area contributed by atoms with Gasteiger partial charge in [-0.1, -0.05) is 25.1 Å². The molecule has 0 aliphatic heterocycles. The van der Waals surface area contributed by atoms with Gasteiger partial charge in [-0.25, -0.2) is 0 Å². The first kappa shape index (κ1) is 9.28. The van der Waals surface area contributed by atoms with Crippen molar-refractivity contribution >= 4 is 11.0 Å². The first-order chi connectivity index (χ1) is 6.70. The number of furan rings is 1. The standard InChI is InChI=1S/C12H14O2/c1-8(9(2)13)11-5-3-4-10-6-7-14-12(10)11/h3-9,13H,1-2H3. The van der Waals surface area contributed by atoms with E-state index in [1.165, 1.54) is 0 Å². The number of aliphatic hydroxyl groups is 1. The highest BCUT2D eigenvalue weighted by Crippen LogP contribution is 2.28. The zero-order valence-electron chi connectivity index (χ0n) is 8.40. The van der Waals surface area contributed by atoms with Crippen molar-refractivity contribution in [2.45, 2.75) is 25.9 Å². The summed E-state index contributed by atoms with van der Waals surface area (Å²) in [5, 5.41) is 10.6. The molecule has 74 valence electrons. The Bertz CT molecular complexity index is 429. The fraction of sp³-hybridized carbons (Fsp3) is 0.333. The van der Waals surface area contributed by atoms with Crippen LogP contribution in [0.4, 0.5) is 0 Å². The van der Waals surface area contributed by atoms with Crippen LogP contribution in [0.5, 0.6) is 0 Å². The lowest BCUT2D eigenvalue weighted by Crippen LogP contribution is -2.10. The zero-order valence-corrected chi connectivity index (χ0v) is 8.40. The molecule has 1 aromatic carbocycles. The molecule has 0 saturated heterocycles. The molecule has 0 aliphatic rings. The summed E-state index contributed by atoms with van der Waals surface area (Å²) in [5.41, 5.74) is 1.96. The maximum absolute atomic E-state index is 9.53. The van der Waals surface area contributed by atoms with Crippen LogP contribution in [0.3, 0.4) is 0 Å². The Morgan fingerprint density at radius 3 is 2.71 bits per heavy atom. The molecule has 2 rings (SSSR count). The molecule has 0 spiro atoms. The van der Waals surface area contributed by atoms with Crippen molar-refractivity contribution in [2.75, 3.05) is 0 Å². The molecule has 1 heterocycles. The Hall–Kier alpha value is -1.28. The number of benzene rings is 1. The van der Waals surface area contributed by atoms with Crippen LogP contribution in [0.25, 0.3) is 11.0 Å². The van der Waals surface area contributed by atoms with Crippen LogP contribution < -0.4 is 0 Å². The van der Waals surface area contributed by atoms with Gasteiger partial charge in [0, 0.05) is 16.9 Å². The Balaban J connectivity index is 2.56. The van der Waals surface area contributed by atoms with E-state index in [-0.39, 0.29) is 12.0 Å². The summed E-state index contributed by atoms with van der Waals surface area (Å²) in [4.78, 5) is 0. The smallest absolute Gasteiger partial charge is 0.137 e. The molecule has 0 fully saturated rings. The van der Waals surface area contributed by atoms with Crippen LogP contribution in [0.2, 0.25) is 0 Å². The predicted octanol–water partition coefficient (Wildman–Crippen LogP) is 2.92. The zero-order chi connectivity index (χ0) is 10.1. The van der Waals surface area contributed by atoms with Gasteiger partial charge in [-0.15, -0.1) is 0 Å². The Kier molecular flexibility index (Phi) is 2.30. The third-order valence-electron chi connectivity index (χ3n) is 2.72. The molecular weight excluding hydrogens is 176 g/mol. The molecule has 0 aliphatic carbocycles. The molecule has 1 aromatic heterocycles. The van der Waals surface area contributed by atoms with E-state index in [0.717, 1.165) is 16.5 Å². The van der Waals surface area contributed by atoms with Gasteiger partial charge in [0.25, 0.3) is 0 Å². The van der Waals surface area contributed by atoms with Crippen LogP contribution in [0.1, 0.15) is 25.3 Å². The van der Waals surface area contributed by atoms with E-state index in [4.69, 9.17) is 4.42 Å². The molecule has 0 radical (unpaired) electrons. The molecule has 0 saturated carbocycles. The number of hydrogen-bond donors (Lipinski definition) is 1. The highest BCUT2D eigenvalue weighted by Gasteiger charge is 2.15. The molecule has 2 heteroatoms. The molecule has 1 N–H and O–H groups in total. The monoisotopic (exact) mass is 190 g/mol. The Morgan fingerprint density at radius 1 is 1.21 bits per heavy atom. The number of aliphatic hydroxyl groups excluding tert-OH is 1. The number of fused-ring (bicyclic) bond motifs is 1. The minimum absolute atomic E-state index is 0.102. The highest BCUT2D eigenvalue weighted by atomic mass is 16.3. The predicted molar refractivity (Wildman–Crippen MR) is 56.3 cm³/mol. The van der Waals surface area contributed by atoms with Crippen molar-refractivity contribution in [3.63, 3.8) is 0 Å². The van der Waals surface area contributed by atoms with E-state index in [0.29, 0.717) is 0 Å². The minimum atomic E-state index is -0.356. The normalized spacial score (nSPS) is 15.6. The quantitative estimate of drug-likeness (QED) is 0.789. The van der Waals surface area contributed by atoms with Crippen LogP contribution in [0.15, 0.2) is 34.9 Å². The first-order valence-corrected chi connectivity index (χ1v) is 4.84. The summed E-state index contributed by atoms with van der Waals surface area (Å²) < 4.78 is 5.41. The summed E-state index contributed by atoms with van der Waals surface area (Å²) in [7, 11) is 0. The molecule has 2 atom stereocenters. The highest BCUT2D eigenvalue weighted by molar-refractivity contribution is 5.80. The van der Waals surface area contributed by atoms with Crippen LogP contribution in [-0.2, 0) is 0 Å². The topological polar surface area (TPSA) is 33.4 Å². The van der Waals surface area contributed by atoms with Gasteiger partial charge in [0.2, 0.25) is 0 Å². The number of rotatable bonds is 2. The lowest BCUT2D eigenvalue weighted by molar-refractivity contribution is 0.169. The molecular formula is C12H14O2. The van der Waals surface area contributed by atoms with E-state index in [1.54, 1.807) is 13.2 Å². The summed E-state index contributed by atoms with van der Waals surface area (Å²) >= 11 is 0. The van der Waals surface area contributed by atoms with Crippen LogP contribution in [0, 0.1) is 0 Å². The van der Waals surface area contributed by atoms with Gasteiger partial charge in [0.15, 0.2) is 0 Å². The summed E-state index contributed by atoms with van der Waals surface area (Å²) in [6.45, 7) is 3.80. The maximum Gasteiger partial charge on any atom is 0.137 e. The van der Waals surface area contributed by atoms with Crippen molar-refractivity contribution in [2.24, 2.45) is 0 Å². The van der Waals surface area contributed by atoms with E-state index < -0.39 is 0 Å². The number of hydrogen-bond acceptors (Lipinski definition) is 2. The van der Waals surface area contributed by atoms with E-state index >= 15 is 0 Å². The Morgan fingerprint density at radius 2 is 2.00 bits per heavy atom. The van der Waals surface area contributed by atoms with Gasteiger partial charge < -0.3 is 9.52 Å². The fourth-order valence-corrected chi connectivity index (χ4v) is 1.63. The van der Waals surface area contributed by atoms with Crippen LogP contribution >= 0.6 is 0 Å². The second kappa shape index (κ2) is 3.46. The van der Waals surface area contributed by atoms with Gasteiger partial charge in [0.05, 0.1) is 12.4 Å². The largest absolute Gasteiger partial charge is 0.464 e. The molecule has 14 heavy (non-hydrogen) atoms. The lowest BCUT2D eigenvalue weighted by atomic mass is 9.95. The van der Waals surface area contributed by atoms with Crippen molar-refractivity contribution in [3.8, 4) is 0 Å². The second-order valence-electron chi connectivity index (χ2n) is 3.72. The minimum Gasteiger partial charge on any atom is -0.464 e. The molecule has 2 unspecified atom stereocenters. The third kappa shape index (κ3) is 1.42. The fourth-order valence-electron chi connectivity index (χ4n) is 1.63. The van der Waals surface area contributed by atoms with Crippen molar-refractivity contribution in [3.05, 3.63) is 36.1 Å². The second-order valence-corrected chi connectivity index (χ2v) is 3.72. The van der Waals surface area contributed by atoms with Crippen molar-refractivity contribution < 1.29 is 9.52 Å². The third-order valence-corrected chi connectivity index (χ3v) is 2.72. The molecule has 0 bridgehead atoms. The summed E-state index contributed by atoms with van der Waals surface area (Å²) in [6.07, 6.45) is 1.33. The maximum atomic E-state index is 9.53. The Labute approximate surface area is 83.2 Å². The van der Waals surface area contributed by atoms with Crippen molar-refractivity contribution in [1.29, 1.82) is 0 Å². The lowest BCUT2D eigenvalue weighted by Gasteiger charge is -2.14. The van der Waals surface area contributed by atoms with E-state index in [9.17, 15) is 5.11 Å². The van der Waals surface area contributed by atoms with Gasteiger partial charge in [0.1, 0.15) is 5.58 Å². The van der Waals surface area contributed by atoms with Gasteiger partial charge in [-0.3, -0.25) is 0 Å². The molecule has 0 amide bonds. The molecule has 2 aromatic rings. The van der Waals surface area contributed by atoms with Crippen molar-refractivity contribution in [1.82, 2.24) is 0 Å². The summed E-state index contributed by atoms with van der Waals surface area (Å²) in [5.74, 6) is 0.102. The van der Waals surface area contributed by atoms with Gasteiger partial charge in [-0.05, 0) is 13.0 Å². The average Bonchev–Trinajstić information content (AvgIpc) is 2.63.